The summed E-state index contributed by atoms with van der Waals surface area (Å²) in [6.45, 7) is 2.06. The van der Waals surface area contributed by atoms with Crippen molar-refractivity contribution in [3.63, 3.8) is 0 Å². The molecule has 0 radical (unpaired) electrons. The van der Waals surface area contributed by atoms with Crippen molar-refractivity contribution in [1.82, 2.24) is 0 Å². The van der Waals surface area contributed by atoms with E-state index >= 15 is 0 Å². The number of aromatic hydroxyl groups is 1. The van der Waals surface area contributed by atoms with Gasteiger partial charge in [0, 0.05) is 28.4 Å². The number of hydrogen-bond acceptors (Lipinski definition) is 3. The third kappa shape index (κ3) is 5.53. The van der Waals surface area contributed by atoms with E-state index < -0.39 is 0 Å². The van der Waals surface area contributed by atoms with Gasteiger partial charge in [-0.05, 0) is 42.8 Å². The van der Waals surface area contributed by atoms with Gasteiger partial charge in [-0.25, -0.2) is 0 Å². The molecule has 0 saturated heterocycles. The van der Waals surface area contributed by atoms with E-state index in [2.05, 4.69) is 33.2 Å². The average Bonchev–Trinajstić information content (AvgIpc) is 2.54. The van der Waals surface area contributed by atoms with Crippen molar-refractivity contribution in [2.24, 2.45) is 4.99 Å². The molecule has 0 aliphatic heterocycles. The van der Waals surface area contributed by atoms with Crippen molar-refractivity contribution < 1.29 is 9.90 Å². The minimum atomic E-state index is 0.0117. The zero-order valence-electron chi connectivity index (χ0n) is 12.9. The van der Waals surface area contributed by atoms with Crippen molar-refractivity contribution in [3.8, 4) is 5.75 Å². The topological polar surface area (TPSA) is 61.7 Å². The van der Waals surface area contributed by atoms with Gasteiger partial charge < -0.3 is 10.4 Å². The lowest BCUT2D eigenvalue weighted by atomic mass is 10.2. The molecule has 5 heteroatoms. The van der Waals surface area contributed by atoms with Gasteiger partial charge in [-0.1, -0.05) is 35.3 Å². The Morgan fingerprint density at radius 2 is 2.13 bits per heavy atom. The molecule has 2 aromatic carbocycles. The first kappa shape index (κ1) is 17.2. The lowest BCUT2D eigenvalue weighted by Gasteiger charge is -2.05. The summed E-state index contributed by atoms with van der Waals surface area (Å²) in [6, 6.07) is 12.5. The van der Waals surface area contributed by atoms with E-state index in [4.69, 9.17) is 0 Å². The summed E-state index contributed by atoms with van der Waals surface area (Å²) in [4.78, 5) is 16.1. The van der Waals surface area contributed by atoms with Crippen molar-refractivity contribution in [2.45, 2.75) is 26.2 Å². The molecule has 0 saturated carbocycles. The molecule has 2 N–H and O–H groups in total. The highest BCUT2D eigenvalue weighted by atomic mass is 79.9. The number of phenolic OH excluding ortho intramolecular Hbond substituents is 1. The minimum absolute atomic E-state index is 0.0117. The molecule has 0 fully saturated rings. The molecule has 0 heterocycles. The molecule has 23 heavy (non-hydrogen) atoms. The number of phenols is 1. The van der Waals surface area contributed by atoms with Crippen LogP contribution >= 0.6 is 15.9 Å². The van der Waals surface area contributed by atoms with E-state index in [-0.39, 0.29) is 11.7 Å². The number of nitrogens with one attached hydrogen (secondary N) is 1. The number of amides is 1. The van der Waals surface area contributed by atoms with Crippen molar-refractivity contribution in [3.05, 3.63) is 52.5 Å². The Labute approximate surface area is 144 Å². The Morgan fingerprint density at radius 3 is 2.91 bits per heavy atom. The Morgan fingerprint density at radius 1 is 1.30 bits per heavy atom. The standard InChI is InChI=1S/C18H19BrN2O2/c1-2-3-7-18(23)21-16-6-4-5-15(11-16)20-12-13-10-14(19)8-9-17(13)22/h4-6,8-12,22H,2-3,7H2,1H3,(H,21,23). The second-order valence-electron chi connectivity index (χ2n) is 5.16. The number of anilines is 1. The minimum Gasteiger partial charge on any atom is -0.507 e. The summed E-state index contributed by atoms with van der Waals surface area (Å²) < 4.78 is 0.869. The van der Waals surface area contributed by atoms with Crippen molar-refractivity contribution in [1.29, 1.82) is 0 Å². The number of carbonyl (C=O) groups is 1. The fourth-order valence-corrected chi connectivity index (χ4v) is 2.38. The molecule has 0 spiro atoms. The van der Waals surface area contributed by atoms with Crippen LogP contribution in [0.2, 0.25) is 0 Å². The number of halogens is 1. The maximum Gasteiger partial charge on any atom is 0.224 e. The third-order valence-corrected chi connectivity index (χ3v) is 3.72. The van der Waals surface area contributed by atoms with Crippen LogP contribution in [0.4, 0.5) is 11.4 Å². The van der Waals surface area contributed by atoms with Crippen LogP contribution < -0.4 is 5.32 Å². The van der Waals surface area contributed by atoms with Gasteiger partial charge in [0.25, 0.3) is 0 Å². The van der Waals surface area contributed by atoms with Crippen LogP contribution in [0.5, 0.6) is 5.75 Å². The lowest BCUT2D eigenvalue weighted by Crippen LogP contribution is -2.10. The van der Waals surface area contributed by atoms with Crippen LogP contribution in [0, 0.1) is 0 Å². The zero-order chi connectivity index (χ0) is 16.7. The number of rotatable bonds is 6. The molecule has 0 aliphatic carbocycles. The van der Waals surface area contributed by atoms with E-state index in [1.54, 1.807) is 30.5 Å². The van der Waals surface area contributed by atoms with E-state index in [0.29, 0.717) is 17.7 Å². The monoisotopic (exact) mass is 374 g/mol. The fourth-order valence-electron chi connectivity index (χ4n) is 2.00. The number of carbonyl (C=O) groups excluding carboxylic acids is 1. The fraction of sp³-hybridized carbons (Fsp3) is 0.222. The van der Waals surface area contributed by atoms with Crippen LogP contribution in [0.25, 0.3) is 0 Å². The molecular formula is C18H19BrN2O2. The molecule has 2 rings (SSSR count). The Kier molecular flexibility index (Phi) is 6.35. The Hall–Kier alpha value is -2.14. The van der Waals surface area contributed by atoms with Gasteiger partial charge in [0.05, 0.1) is 5.69 Å². The maximum absolute atomic E-state index is 11.8. The number of unbranched alkanes of at least 4 members (excludes halogenated alkanes) is 1. The molecule has 4 nitrogen and oxygen atoms in total. The maximum atomic E-state index is 11.8. The lowest BCUT2D eigenvalue weighted by molar-refractivity contribution is -0.116. The van der Waals surface area contributed by atoms with Crippen molar-refractivity contribution in [2.75, 3.05) is 5.32 Å². The van der Waals surface area contributed by atoms with E-state index in [9.17, 15) is 9.90 Å². The summed E-state index contributed by atoms with van der Waals surface area (Å²) in [5, 5.41) is 12.7. The van der Waals surface area contributed by atoms with Gasteiger partial charge in [-0.15, -0.1) is 0 Å². The molecule has 0 atom stereocenters. The molecule has 1 amide bonds. The average molecular weight is 375 g/mol. The first-order chi connectivity index (χ1) is 11.1. The van der Waals surface area contributed by atoms with E-state index in [1.807, 2.05) is 18.2 Å². The quantitative estimate of drug-likeness (QED) is 0.696. The van der Waals surface area contributed by atoms with Crippen LogP contribution in [-0.4, -0.2) is 17.2 Å². The number of benzene rings is 2. The molecule has 2 aromatic rings. The predicted octanol–water partition coefficient (Wildman–Crippen LogP) is 5.03. The SMILES string of the molecule is CCCCC(=O)Nc1cccc(N=Cc2cc(Br)ccc2O)c1. The highest BCUT2D eigenvalue weighted by Crippen LogP contribution is 2.22. The predicted molar refractivity (Wildman–Crippen MR) is 97.7 cm³/mol. The van der Waals surface area contributed by atoms with Gasteiger partial charge in [-0.3, -0.25) is 9.79 Å². The molecule has 0 bridgehead atoms. The smallest absolute Gasteiger partial charge is 0.224 e. The van der Waals surface area contributed by atoms with Crippen molar-refractivity contribution >= 4 is 39.4 Å². The molecule has 0 aliphatic rings. The molecule has 0 aromatic heterocycles. The summed E-state index contributed by atoms with van der Waals surface area (Å²) in [5.41, 5.74) is 2.05. The molecular weight excluding hydrogens is 356 g/mol. The summed E-state index contributed by atoms with van der Waals surface area (Å²) in [7, 11) is 0. The number of nitrogens with zero attached hydrogens (tertiary/aromatic N) is 1. The van der Waals surface area contributed by atoms with E-state index in [1.165, 1.54) is 0 Å². The number of aliphatic imine (C=N–C) groups is 1. The Balaban J connectivity index is 2.09. The van der Waals surface area contributed by atoms with Gasteiger partial charge in [0.15, 0.2) is 0 Å². The zero-order valence-corrected chi connectivity index (χ0v) is 14.5. The molecule has 0 unspecified atom stereocenters. The number of hydrogen-bond donors (Lipinski definition) is 2. The van der Waals surface area contributed by atoms with Crippen LogP contribution in [0.3, 0.4) is 0 Å². The second-order valence-corrected chi connectivity index (χ2v) is 6.08. The second kappa shape index (κ2) is 8.48. The van der Waals surface area contributed by atoms with Crippen LogP contribution in [0.15, 0.2) is 51.9 Å². The normalized spacial score (nSPS) is 10.9. The van der Waals surface area contributed by atoms with Crippen LogP contribution in [0.1, 0.15) is 31.7 Å². The van der Waals surface area contributed by atoms with E-state index in [0.717, 1.165) is 23.0 Å². The third-order valence-electron chi connectivity index (χ3n) is 3.23. The van der Waals surface area contributed by atoms with Gasteiger partial charge in [0.2, 0.25) is 5.91 Å². The van der Waals surface area contributed by atoms with Gasteiger partial charge in [0.1, 0.15) is 5.75 Å². The first-order valence-electron chi connectivity index (χ1n) is 7.51. The first-order valence-corrected chi connectivity index (χ1v) is 8.30. The van der Waals surface area contributed by atoms with Gasteiger partial charge >= 0.3 is 0 Å². The highest BCUT2D eigenvalue weighted by Gasteiger charge is 2.02. The largest absolute Gasteiger partial charge is 0.507 e. The van der Waals surface area contributed by atoms with Gasteiger partial charge in [-0.2, -0.15) is 0 Å². The summed E-state index contributed by atoms with van der Waals surface area (Å²) in [5.74, 6) is 0.179. The summed E-state index contributed by atoms with van der Waals surface area (Å²) >= 11 is 3.36. The highest BCUT2D eigenvalue weighted by molar-refractivity contribution is 9.10. The van der Waals surface area contributed by atoms with Crippen LogP contribution in [-0.2, 0) is 4.79 Å². The molecule has 120 valence electrons. The summed E-state index contributed by atoms with van der Waals surface area (Å²) in [6.07, 6.45) is 3.99. The Bertz CT molecular complexity index is 714.